The average molecular weight is 467 g/mol. The van der Waals surface area contributed by atoms with Gasteiger partial charge >= 0.3 is 7.60 Å². The van der Waals surface area contributed by atoms with E-state index in [9.17, 15) is 9.36 Å². The highest BCUT2D eigenvalue weighted by Crippen LogP contribution is 2.35. The zero-order valence-corrected chi connectivity index (χ0v) is 19.1. The molecule has 0 saturated heterocycles. The van der Waals surface area contributed by atoms with Gasteiger partial charge < -0.3 is 36.0 Å². The number of nitrogens with one attached hydrogen (secondary N) is 2. The Morgan fingerprint density at radius 3 is 2.66 bits per heavy atom. The number of benzene rings is 1. The molecule has 0 aliphatic carbocycles. The van der Waals surface area contributed by atoms with E-state index in [0.29, 0.717) is 30.2 Å². The molecule has 1 heterocycles. The van der Waals surface area contributed by atoms with Crippen LogP contribution in [0.15, 0.2) is 18.2 Å². The zero-order chi connectivity index (χ0) is 23.7. The number of rotatable bonds is 12. The normalized spacial score (nSPS) is 11.3. The van der Waals surface area contributed by atoms with Crippen molar-refractivity contribution in [1.82, 2.24) is 15.3 Å². The van der Waals surface area contributed by atoms with E-state index in [1.54, 1.807) is 20.1 Å². The van der Waals surface area contributed by atoms with Crippen molar-refractivity contribution < 1.29 is 29.0 Å². The van der Waals surface area contributed by atoms with Gasteiger partial charge in [0.25, 0.3) is 0 Å². The monoisotopic (exact) mass is 467 g/mol. The van der Waals surface area contributed by atoms with Crippen molar-refractivity contribution in [3.05, 3.63) is 40.6 Å². The molecule has 7 N–H and O–H groups in total. The van der Waals surface area contributed by atoms with E-state index < -0.39 is 7.60 Å². The lowest BCUT2D eigenvalue weighted by atomic mass is 10.0. The summed E-state index contributed by atoms with van der Waals surface area (Å²) in [7, 11) is -2.52. The van der Waals surface area contributed by atoms with Gasteiger partial charge in [-0.15, -0.1) is 0 Å². The minimum absolute atomic E-state index is 0.0972. The predicted molar refractivity (Wildman–Crippen MR) is 121 cm³/mol. The Labute approximate surface area is 186 Å². The smallest absolute Gasteiger partial charge is 0.325 e. The Kier molecular flexibility index (Phi) is 9.40. The number of hydrogen-bond acceptors (Lipinski definition) is 8. The maximum absolute atomic E-state index is 11.9. The molecule has 0 bridgehead atoms. The molecule has 0 unspecified atom stereocenters. The molecule has 32 heavy (non-hydrogen) atoms. The van der Waals surface area contributed by atoms with E-state index in [4.69, 9.17) is 25.4 Å². The molecular weight excluding hydrogens is 437 g/mol. The summed E-state index contributed by atoms with van der Waals surface area (Å²) in [6.45, 7) is 2.20. The van der Waals surface area contributed by atoms with Crippen LogP contribution in [-0.2, 0) is 22.2 Å². The minimum atomic E-state index is -4.06. The zero-order valence-electron chi connectivity index (χ0n) is 18.2. The highest BCUT2D eigenvalue weighted by atomic mass is 31.2. The fraction of sp³-hybridized carbons (Fsp3) is 0.450. The number of aryl methyl sites for hydroxylation is 1. The van der Waals surface area contributed by atoms with Crippen molar-refractivity contribution in [2.45, 2.75) is 26.2 Å². The Morgan fingerprint density at radius 2 is 2.00 bits per heavy atom. The standard InChI is InChI=1S/C20H30N5O6P/c1-13-16(19(25-20(21)24-13)23-6-3-9-32(28,29)30)12-15-5-4-14(10-17(15)31-2)11-18(27)22-7-8-26/h4-5,10,26H,3,6-9,11-12H2,1-2H3,(H,22,27)(H2,28,29,30)(H3,21,23,24,25). The van der Waals surface area contributed by atoms with Crippen molar-refractivity contribution in [2.75, 3.05) is 44.0 Å². The van der Waals surface area contributed by atoms with Crippen molar-refractivity contribution in [3.8, 4) is 5.75 Å². The molecule has 0 fully saturated rings. The lowest BCUT2D eigenvalue weighted by Crippen LogP contribution is -2.27. The summed E-state index contributed by atoms with van der Waals surface area (Å²) in [6, 6.07) is 5.48. The van der Waals surface area contributed by atoms with Crippen LogP contribution < -0.4 is 21.1 Å². The van der Waals surface area contributed by atoms with Gasteiger partial charge in [0.1, 0.15) is 11.6 Å². The Morgan fingerprint density at radius 1 is 1.25 bits per heavy atom. The Hall–Kier alpha value is -2.72. The van der Waals surface area contributed by atoms with Crippen LogP contribution in [-0.4, -0.2) is 63.7 Å². The van der Waals surface area contributed by atoms with Crippen LogP contribution in [0.25, 0.3) is 0 Å². The average Bonchev–Trinajstić information content (AvgIpc) is 2.72. The summed E-state index contributed by atoms with van der Waals surface area (Å²) in [4.78, 5) is 38.4. The molecule has 176 valence electrons. The third-order valence-electron chi connectivity index (χ3n) is 4.67. The first kappa shape index (κ1) is 25.5. The molecule has 2 aromatic rings. The number of amides is 1. The number of anilines is 2. The SMILES string of the molecule is COc1cc(CC(=O)NCCO)ccc1Cc1c(C)nc(N)nc1NCCCP(=O)(O)O. The molecule has 2 rings (SSSR count). The molecule has 0 aliphatic rings. The van der Waals surface area contributed by atoms with Gasteiger partial charge in [-0.05, 0) is 30.5 Å². The fourth-order valence-corrected chi connectivity index (χ4v) is 3.72. The number of nitrogens with two attached hydrogens (primary N) is 1. The quantitative estimate of drug-likeness (QED) is 0.191. The van der Waals surface area contributed by atoms with Crippen molar-refractivity contribution in [1.29, 1.82) is 0 Å². The largest absolute Gasteiger partial charge is 0.496 e. The lowest BCUT2D eigenvalue weighted by molar-refractivity contribution is -0.120. The number of methoxy groups -OCH3 is 1. The summed E-state index contributed by atoms with van der Waals surface area (Å²) < 4.78 is 16.6. The first-order chi connectivity index (χ1) is 15.1. The topological polar surface area (TPSA) is 180 Å². The molecule has 12 heteroatoms. The third-order valence-corrected chi connectivity index (χ3v) is 5.57. The van der Waals surface area contributed by atoms with Crippen LogP contribution in [0.2, 0.25) is 0 Å². The van der Waals surface area contributed by atoms with Crippen molar-refractivity contribution in [2.24, 2.45) is 0 Å². The highest BCUT2D eigenvalue weighted by molar-refractivity contribution is 7.51. The van der Waals surface area contributed by atoms with Gasteiger partial charge in [0.2, 0.25) is 11.9 Å². The number of aliphatic hydroxyl groups excluding tert-OH is 1. The molecular formula is C20H30N5O6P. The summed E-state index contributed by atoms with van der Waals surface area (Å²) in [5.41, 5.74) is 8.85. The fourth-order valence-electron chi connectivity index (χ4n) is 3.15. The summed E-state index contributed by atoms with van der Waals surface area (Å²) in [5.74, 6) is 0.995. The van der Waals surface area contributed by atoms with E-state index in [1.165, 1.54) is 0 Å². The van der Waals surface area contributed by atoms with Crippen LogP contribution in [0.3, 0.4) is 0 Å². The number of aliphatic hydroxyl groups is 1. The van der Waals surface area contributed by atoms with E-state index in [1.807, 2.05) is 12.1 Å². The first-order valence-electron chi connectivity index (χ1n) is 10.1. The van der Waals surface area contributed by atoms with Gasteiger partial charge in [0, 0.05) is 30.8 Å². The predicted octanol–water partition coefficient (Wildman–Crippen LogP) is 0.597. The van der Waals surface area contributed by atoms with E-state index in [2.05, 4.69) is 20.6 Å². The highest BCUT2D eigenvalue weighted by Gasteiger charge is 2.16. The molecule has 0 saturated carbocycles. The second kappa shape index (κ2) is 11.8. The van der Waals surface area contributed by atoms with Gasteiger partial charge in [0.05, 0.1) is 26.3 Å². The molecule has 11 nitrogen and oxygen atoms in total. The van der Waals surface area contributed by atoms with E-state index >= 15 is 0 Å². The number of nitrogens with zero attached hydrogens (tertiary/aromatic N) is 2. The number of hydrogen-bond donors (Lipinski definition) is 6. The molecule has 0 spiro atoms. The van der Waals surface area contributed by atoms with Gasteiger partial charge in [-0.2, -0.15) is 4.98 Å². The lowest BCUT2D eigenvalue weighted by Gasteiger charge is -2.16. The first-order valence-corrected chi connectivity index (χ1v) is 11.9. The van der Waals surface area contributed by atoms with Crippen LogP contribution in [0, 0.1) is 6.92 Å². The second-order valence-corrected chi connectivity index (χ2v) is 9.01. The van der Waals surface area contributed by atoms with Gasteiger partial charge in [-0.1, -0.05) is 12.1 Å². The summed E-state index contributed by atoms with van der Waals surface area (Å²) in [6.07, 6.45) is 0.624. The summed E-state index contributed by atoms with van der Waals surface area (Å²) in [5, 5.41) is 14.5. The molecule has 1 aromatic carbocycles. The van der Waals surface area contributed by atoms with E-state index in [-0.39, 0.29) is 44.0 Å². The van der Waals surface area contributed by atoms with Gasteiger partial charge in [-0.3, -0.25) is 9.36 Å². The molecule has 0 radical (unpaired) electrons. The van der Waals surface area contributed by atoms with Crippen LogP contribution in [0.5, 0.6) is 5.75 Å². The Balaban J connectivity index is 2.19. The maximum atomic E-state index is 11.9. The van der Waals surface area contributed by atoms with Crippen LogP contribution in [0.1, 0.15) is 28.8 Å². The second-order valence-electron chi connectivity index (χ2n) is 7.24. The number of carbonyl (C=O) groups excluding carboxylic acids is 1. The number of ether oxygens (including phenoxy) is 1. The summed E-state index contributed by atoms with van der Waals surface area (Å²) >= 11 is 0. The van der Waals surface area contributed by atoms with Crippen LogP contribution in [0.4, 0.5) is 11.8 Å². The van der Waals surface area contributed by atoms with E-state index in [0.717, 1.165) is 16.7 Å². The third kappa shape index (κ3) is 8.08. The van der Waals surface area contributed by atoms with Gasteiger partial charge in [-0.25, -0.2) is 4.98 Å². The van der Waals surface area contributed by atoms with Gasteiger partial charge in [0.15, 0.2) is 0 Å². The van der Waals surface area contributed by atoms with Crippen molar-refractivity contribution in [3.63, 3.8) is 0 Å². The number of nitrogen functional groups attached to an aromatic ring is 1. The Bertz CT molecular complexity index is 981. The molecule has 0 aliphatic heterocycles. The number of aromatic nitrogens is 2. The molecule has 1 amide bonds. The molecule has 1 aromatic heterocycles. The minimum Gasteiger partial charge on any atom is -0.496 e. The van der Waals surface area contributed by atoms with Crippen LogP contribution >= 0.6 is 7.60 Å². The molecule has 0 atom stereocenters. The maximum Gasteiger partial charge on any atom is 0.325 e. The number of carbonyl (C=O) groups is 1. The van der Waals surface area contributed by atoms with Crippen molar-refractivity contribution >= 4 is 25.3 Å².